The van der Waals surface area contributed by atoms with Gasteiger partial charge < -0.3 is 10.9 Å². The van der Waals surface area contributed by atoms with Gasteiger partial charge in [0.25, 0.3) is 5.96 Å². The van der Waals surface area contributed by atoms with Crippen molar-refractivity contribution in [2.24, 2.45) is 15.3 Å². The zero-order valence-electron chi connectivity index (χ0n) is 10.6. The summed E-state index contributed by atoms with van der Waals surface area (Å²) in [6.07, 6.45) is 4.95. The molecule has 0 bridgehead atoms. The Balaban J connectivity index is 3.29. The van der Waals surface area contributed by atoms with Crippen molar-refractivity contribution in [1.82, 2.24) is 4.98 Å². The molecular formula is C11H14Cl2N4O2S. The summed E-state index contributed by atoms with van der Waals surface area (Å²) in [7, 11) is -2.81. The average molecular weight is 337 g/mol. The van der Waals surface area contributed by atoms with E-state index in [2.05, 4.69) is 14.5 Å². The maximum Gasteiger partial charge on any atom is 0.265 e. The Kier molecular flexibility index (Phi) is 6.25. The second kappa shape index (κ2) is 7.47. The van der Waals surface area contributed by atoms with Gasteiger partial charge in [-0.05, 0) is 23.2 Å². The van der Waals surface area contributed by atoms with Gasteiger partial charge in [-0.25, -0.2) is 9.19 Å². The third-order valence-electron chi connectivity index (χ3n) is 2.47. The molecule has 6 nitrogen and oxygen atoms in total. The monoisotopic (exact) mass is 336 g/mol. The van der Waals surface area contributed by atoms with Crippen molar-refractivity contribution in [1.29, 1.82) is 0 Å². The lowest BCUT2D eigenvalue weighted by atomic mass is 10.1. The molecule has 2 atom stereocenters. The minimum Gasteiger partial charge on any atom is -0.408 e. The fourth-order valence-electron chi connectivity index (χ4n) is 1.59. The molecule has 20 heavy (non-hydrogen) atoms. The fraction of sp³-hybridized carbons (Fsp3) is 0.273. The molecule has 1 rings (SSSR count). The van der Waals surface area contributed by atoms with Gasteiger partial charge in [-0.15, -0.1) is 0 Å². The molecule has 110 valence electrons. The summed E-state index contributed by atoms with van der Waals surface area (Å²) < 4.78 is 16.4. The molecule has 0 spiro atoms. The number of rotatable bonds is 4. The molecule has 0 fully saturated rings. The lowest BCUT2D eigenvalue weighted by molar-refractivity contribution is 0.317. The Morgan fingerprint density at radius 2 is 2.35 bits per heavy atom. The van der Waals surface area contributed by atoms with Crippen molar-refractivity contribution in [3.63, 3.8) is 0 Å². The number of hydrogen-bond donors (Lipinski definition) is 2. The molecule has 9 heteroatoms. The van der Waals surface area contributed by atoms with E-state index in [1.54, 1.807) is 18.2 Å². The highest BCUT2D eigenvalue weighted by molar-refractivity contribution is 7.93. The highest BCUT2D eigenvalue weighted by Gasteiger charge is 2.21. The molecule has 2 unspecified atom stereocenters. The molecule has 0 saturated heterocycles. The number of aromatic nitrogens is 1. The third kappa shape index (κ3) is 4.66. The minimum absolute atomic E-state index is 0.330. The summed E-state index contributed by atoms with van der Waals surface area (Å²) in [6.45, 7) is 0. The molecule has 0 amide bonds. The molecule has 0 aliphatic rings. The molecule has 0 aromatic carbocycles. The normalized spacial score (nSPS) is 16.9. The van der Waals surface area contributed by atoms with E-state index < -0.39 is 20.9 Å². The van der Waals surface area contributed by atoms with Crippen molar-refractivity contribution in [3.05, 3.63) is 40.7 Å². The number of hydrogen-bond acceptors (Lipinski definition) is 4. The number of oxime groups is 1. The predicted octanol–water partition coefficient (Wildman–Crippen LogP) is 2.72. The first-order chi connectivity index (χ1) is 9.40. The SMILES string of the molecule is CS(=O)(=N/C(N)=N\O)C(C/C=C/Cl)c1ccc(Cl)nc1. The highest BCUT2D eigenvalue weighted by atomic mass is 35.5. The van der Waals surface area contributed by atoms with E-state index in [1.165, 1.54) is 18.0 Å². The molecule has 0 aliphatic carbocycles. The van der Waals surface area contributed by atoms with Crippen LogP contribution in [-0.2, 0) is 9.73 Å². The van der Waals surface area contributed by atoms with E-state index in [-0.39, 0.29) is 0 Å². The summed E-state index contributed by atoms with van der Waals surface area (Å²) in [4.78, 5) is 3.95. The average Bonchev–Trinajstić information content (AvgIpc) is 2.40. The fourth-order valence-corrected chi connectivity index (χ4v) is 3.45. The van der Waals surface area contributed by atoms with Crippen molar-refractivity contribution in [2.45, 2.75) is 11.7 Å². The van der Waals surface area contributed by atoms with E-state index >= 15 is 0 Å². The van der Waals surface area contributed by atoms with Crippen molar-refractivity contribution in [2.75, 3.05) is 6.26 Å². The highest BCUT2D eigenvalue weighted by Crippen LogP contribution is 2.28. The van der Waals surface area contributed by atoms with Crippen molar-refractivity contribution < 1.29 is 9.42 Å². The summed E-state index contributed by atoms with van der Waals surface area (Å²) >= 11 is 11.2. The van der Waals surface area contributed by atoms with Crippen molar-refractivity contribution >= 4 is 38.9 Å². The third-order valence-corrected chi connectivity index (χ3v) is 4.94. The van der Waals surface area contributed by atoms with E-state index in [1.807, 2.05) is 0 Å². The Labute approximate surface area is 127 Å². The quantitative estimate of drug-likeness (QED) is 0.290. The standard InChI is InChI=1S/C11H14Cl2N4O2S/c1-20(19,17-11(14)16-18)9(3-2-6-12)8-4-5-10(13)15-7-8/h2,4-7,9,18H,3H2,1H3,(H2,14,16)/b6-2+. The van der Waals surface area contributed by atoms with E-state index in [4.69, 9.17) is 34.1 Å². The van der Waals surface area contributed by atoms with E-state index in [0.29, 0.717) is 17.1 Å². The lowest BCUT2D eigenvalue weighted by Gasteiger charge is -2.17. The smallest absolute Gasteiger partial charge is 0.265 e. The van der Waals surface area contributed by atoms with Crippen LogP contribution in [0.5, 0.6) is 0 Å². The summed E-state index contributed by atoms with van der Waals surface area (Å²) in [5.41, 5.74) is 7.30. The van der Waals surface area contributed by atoms with Crippen LogP contribution in [0, 0.1) is 0 Å². The van der Waals surface area contributed by atoms with Gasteiger partial charge in [-0.1, -0.05) is 35.3 Å². The molecule has 0 aliphatic heterocycles. The van der Waals surface area contributed by atoms with Crippen LogP contribution in [-0.4, -0.2) is 26.6 Å². The topological polar surface area (TPSA) is 101 Å². The predicted molar refractivity (Wildman–Crippen MR) is 81.5 cm³/mol. The Hall–Kier alpha value is -1.31. The van der Waals surface area contributed by atoms with Gasteiger partial charge in [0, 0.05) is 18.0 Å². The van der Waals surface area contributed by atoms with Crippen molar-refractivity contribution in [3.8, 4) is 0 Å². The van der Waals surface area contributed by atoms with E-state index in [9.17, 15) is 4.21 Å². The number of guanidine groups is 1. The minimum atomic E-state index is -2.81. The lowest BCUT2D eigenvalue weighted by Crippen LogP contribution is -2.17. The Morgan fingerprint density at radius 1 is 1.65 bits per heavy atom. The zero-order valence-corrected chi connectivity index (χ0v) is 12.9. The second-order valence-corrected chi connectivity index (χ2v) is 7.02. The number of pyridine rings is 1. The maximum atomic E-state index is 12.7. The van der Waals surface area contributed by atoms with Crippen LogP contribution in [0.15, 0.2) is 39.5 Å². The molecular weight excluding hydrogens is 323 g/mol. The zero-order chi connectivity index (χ0) is 15.2. The Morgan fingerprint density at radius 3 is 2.85 bits per heavy atom. The van der Waals surface area contributed by atoms with Gasteiger partial charge in [0.1, 0.15) is 5.15 Å². The largest absolute Gasteiger partial charge is 0.408 e. The van der Waals surface area contributed by atoms with Gasteiger partial charge >= 0.3 is 0 Å². The molecule has 0 saturated carbocycles. The van der Waals surface area contributed by atoms with Crippen LogP contribution < -0.4 is 5.73 Å². The van der Waals surface area contributed by atoms with Crippen LogP contribution in [0.1, 0.15) is 17.2 Å². The number of nitrogens with two attached hydrogens (primary N) is 1. The van der Waals surface area contributed by atoms with E-state index in [0.717, 1.165) is 0 Å². The van der Waals surface area contributed by atoms with Crippen LogP contribution in [0.3, 0.4) is 0 Å². The molecule has 3 N–H and O–H groups in total. The molecule has 1 aromatic rings. The molecule has 1 heterocycles. The Bertz CT molecular complexity index is 622. The first-order valence-electron chi connectivity index (χ1n) is 5.46. The number of nitrogens with zero attached hydrogens (tertiary/aromatic N) is 3. The van der Waals surface area contributed by atoms with Gasteiger partial charge in [0.05, 0.1) is 15.0 Å². The molecule has 1 aromatic heterocycles. The summed E-state index contributed by atoms with van der Waals surface area (Å²) in [5, 5.41) is 11.1. The van der Waals surface area contributed by atoms with Crippen LogP contribution in [0.4, 0.5) is 0 Å². The van der Waals surface area contributed by atoms with Gasteiger partial charge in [-0.3, -0.25) is 0 Å². The van der Waals surface area contributed by atoms with Gasteiger partial charge in [0.15, 0.2) is 0 Å². The van der Waals surface area contributed by atoms with Crippen LogP contribution >= 0.6 is 23.2 Å². The first-order valence-corrected chi connectivity index (χ1v) is 8.26. The summed E-state index contributed by atoms with van der Waals surface area (Å²) in [5.74, 6) is -0.445. The first kappa shape index (κ1) is 16.7. The second-order valence-electron chi connectivity index (χ2n) is 3.91. The number of halogens is 2. The van der Waals surface area contributed by atoms with Crippen LogP contribution in [0.2, 0.25) is 5.15 Å². The summed E-state index contributed by atoms with van der Waals surface area (Å²) in [6, 6.07) is 3.29. The number of allylic oxidation sites excluding steroid dienone is 1. The van der Waals surface area contributed by atoms with Crippen LogP contribution in [0.25, 0.3) is 0 Å². The van der Waals surface area contributed by atoms with Gasteiger partial charge in [0.2, 0.25) is 0 Å². The molecule has 0 radical (unpaired) electrons. The van der Waals surface area contributed by atoms with Gasteiger partial charge in [-0.2, -0.15) is 4.36 Å². The maximum absolute atomic E-state index is 12.7.